The lowest BCUT2D eigenvalue weighted by atomic mass is 9.74. The molecule has 1 saturated heterocycles. The Labute approximate surface area is 287 Å². The van der Waals surface area contributed by atoms with Crippen molar-refractivity contribution in [2.75, 3.05) is 13.1 Å². The second-order valence-corrected chi connectivity index (χ2v) is 16.9. The molecule has 1 unspecified atom stereocenters. The highest BCUT2D eigenvalue weighted by molar-refractivity contribution is 6.38. The summed E-state index contributed by atoms with van der Waals surface area (Å²) in [4.78, 5) is 82.6. The second kappa shape index (κ2) is 16.0. The van der Waals surface area contributed by atoms with Crippen molar-refractivity contribution < 1.29 is 28.8 Å². The number of Topliss-reactive ketones (excluding diaryl/α,β-unsaturated/α-hetero) is 2. The lowest BCUT2D eigenvalue weighted by Gasteiger charge is -2.41. The highest BCUT2D eigenvalue weighted by Gasteiger charge is 2.48. The van der Waals surface area contributed by atoms with Crippen molar-refractivity contribution >= 4 is 35.3 Å². The summed E-state index contributed by atoms with van der Waals surface area (Å²) < 4.78 is 0. The molecule has 0 radical (unpaired) electrons. The van der Waals surface area contributed by atoms with E-state index >= 15 is 0 Å². The molecule has 0 spiro atoms. The normalized spacial score (nSPS) is 22.3. The molecule has 11 heteroatoms. The Morgan fingerprint density at radius 1 is 0.917 bits per heavy atom. The summed E-state index contributed by atoms with van der Waals surface area (Å²) in [5.74, 6) is -2.10. The zero-order chi connectivity index (χ0) is 36.0. The van der Waals surface area contributed by atoms with Gasteiger partial charge in [-0.2, -0.15) is 0 Å². The number of likely N-dealkylation sites (tertiary alicyclic amines) is 1. The number of carbonyl (C=O) groups is 6. The quantitative estimate of drug-likeness (QED) is 0.158. The molecule has 3 aliphatic rings. The first-order valence-corrected chi connectivity index (χ1v) is 18.0. The second-order valence-electron chi connectivity index (χ2n) is 16.9. The monoisotopic (exact) mass is 671 g/mol. The van der Waals surface area contributed by atoms with Crippen LogP contribution in [0.25, 0.3) is 0 Å². The highest BCUT2D eigenvalue weighted by Crippen LogP contribution is 2.37. The molecular weight excluding hydrogens is 610 g/mol. The minimum Gasteiger partial charge on any atom is -0.346 e. The standard InChI is InChI=1S/C37H61N5O6/c1-10-19-38-32(46)29(44)26(21-24-14-15-24)39-31(45)28-25(23(2)3)16-20-42(28)33(47)30(36(7,8)9)40-34(48)41-37(17-12-11-13-18-37)22-27(43)35(4,5)6/h10,23-26,28,30H,1,11-22H2,2-9H3,(H,38,46)(H,39,45)(H2,40,41,48)/t25-,26?,28+,30-/m1/s1. The van der Waals surface area contributed by atoms with Gasteiger partial charge in [-0.05, 0) is 48.9 Å². The maximum Gasteiger partial charge on any atom is 0.315 e. The van der Waals surface area contributed by atoms with Gasteiger partial charge in [0.15, 0.2) is 0 Å². The predicted molar refractivity (Wildman–Crippen MR) is 186 cm³/mol. The lowest BCUT2D eigenvalue weighted by Crippen LogP contribution is -2.63. The van der Waals surface area contributed by atoms with Crippen molar-refractivity contribution in [3.63, 3.8) is 0 Å². The average Bonchev–Trinajstić information content (AvgIpc) is 3.69. The van der Waals surface area contributed by atoms with Crippen LogP contribution in [0.5, 0.6) is 0 Å². The molecule has 0 aromatic heterocycles. The minimum absolute atomic E-state index is 0.0582. The molecule has 1 aliphatic heterocycles. The van der Waals surface area contributed by atoms with Gasteiger partial charge in [0.1, 0.15) is 17.9 Å². The average molecular weight is 672 g/mol. The Morgan fingerprint density at radius 2 is 1.54 bits per heavy atom. The third kappa shape index (κ3) is 10.4. The first kappa shape index (κ1) is 39.2. The van der Waals surface area contributed by atoms with E-state index in [-0.39, 0.29) is 42.4 Å². The van der Waals surface area contributed by atoms with Crippen LogP contribution in [0.2, 0.25) is 0 Å². The van der Waals surface area contributed by atoms with E-state index in [0.29, 0.717) is 32.2 Å². The number of carbonyl (C=O) groups excluding carboxylic acids is 6. The predicted octanol–water partition coefficient (Wildman–Crippen LogP) is 4.44. The molecule has 5 amide bonds. The first-order chi connectivity index (χ1) is 22.3. The van der Waals surface area contributed by atoms with Gasteiger partial charge in [0.05, 0.1) is 6.04 Å². The van der Waals surface area contributed by atoms with Gasteiger partial charge in [-0.15, -0.1) is 6.58 Å². The minimum atomic E-state index is -0.995. The molecular formula is C37H61N5O6. The number of nitrogens with zero attached hydrogens (tertiary/aromatic N) is 1. The summed E-state index contributed by atoms with van der Waals surface area (Å²) in [6.45, 7) is 19.3. The number of ketones is 2. The Hall–Kier alpha value is -3.24. The van der Waals surface area contributed by atoms with Crippen molar-refractivity contribution in [2.45, 2.75) is 143 Å². The molecule has 4 atom stereocenters. The van der Waals surface area contributed by atoms with E-state index in [4.69, 9.17) is 0 Å². The molecule has 270 valence electrons. The number of urea groups is 1. The smallest absolute Gasteiger partial charge is 0.315 e. The van der Waals surface area contributed by atoms with Gasteiger partial charge in [-0.1, -0.05) is 93.6 Å². The fraction of sp³-hybridized carbons (Fsp3) is 0.784. The van der Waals surface area contributed by atoms with Gasteiger partial charge in [0.2, 0.25) is 17.6 Å². The summed E-state index contributed by atoms with van der Waals surface area (Å²) in [5.41, 5.74) is -1.93. The van der Waals surface area contributed by atoms with Crippen molar-refractivity contribution in [3.05, 3.63) is 12.7 Å². The zero-order valence-corrected chi connectivity index (χ0v) is 30.6. The molecule has 2 saturated carbocycles. The van der Waals surface area contributed by atoms with Gasteiger partial charge < -0.3 is 26.2 Å². The fourth-order valence-corrected chi connectivity index (χ4v) is 7.05. The van der Waals surface area contributed by atoms with Crippen LogP contribution in [0, 0.1) is 28.6 Å². The summed E-state index contributed by atoms with van der Waals surface area (Å²) in [7, 11) is 0. The van der Waals surface area contributed by atoms with Crippen LogP contribution < -0.4 is 21.3 Å². The SMILES string of the molecule is C=CCNC(=O)C(=O)C(CC1CC1)NC(=O)[C@@H]1[C@@H](C(C)C)CCN1C(=O)[C@@H](NC(=O)NC1(CC(=O)C(C)(C)C)CCCCC1)C(C)(C)C. The maximum atomic E-state index is 14.4. The van der Waals surface area contributed by atoms with Crippen LogP contribution in [0.4, 0.5) is 4.79 Å². The Kier molecular flexibility index (Phi) is 13.1. The number of rotatable bonds is 14. The van der Waals surface area contributed by atoms with Crippen LogP contribution >= 0.6 is 0 Å². The Morgan fingerprint density at radius 3 is 2.06 bits per heavy atom. The molecule has 0 aromatic rings. The van der Waals surface area contributed by atoms with Crippen LogP contribution in [-0.4, -0.2) is 77.0 Å². The number of hydrogen-bond acceptors (Lipinski definition) is 6. The molecule has 0 bridgehead atoms. The zero-order valence-electron chi connectivity index (χ0n) is 30.6. The molecule has 1 heterocycles. The van der Waals surface area contributed by atoms with Crippen LogP contribution in [0.3, 0.4) is 0 Å². The number of amides is 5. The Bertz CT molecular complexity index is 1220. The highest BCUT2D eigenvalue weighted by atomic mass is 16.2. The molecule has 3 rings (SSSR count). The number of hydrogen-bond donors (Lipinski definition) is 4. The third-order valence-corrected chi connectivity index (χ3v) is 10.3. The molecule has 48 heavy (non-hydrogen) atoms. The van der Waals surface area contributed by atoms with Crippen LogP contribution in [0.1, 0.15) is 120 Å². The van der Waals surface area contributed by atoms with E-state index in [0.717, 1.165) is 32.1 Å². The van der Waals surface area contributed by atoms with E-state index in [1.807, 2.05) is 55.4 Å². The van der Waals surface area contributed by atoms with E-state index in [9.17, 15) is 28.8 Å². The maximum absolute atomic E-state index is 14.4. The van der Waals surface area contributed by atoms with E-state index in [2.05, 4.69) is 27.8 Å². The molecule has 4 N–H and O–H groups in total. The topological polar surface area (TPSA) is 154 Å². The van der Waals surface area contributed by atoms with E-state index < -0.39 is 58.1 Å². The van der Waals surface area contributed by atoms with E-state index in [1.54, 1.807) is 4.90 Å². The van der Waals surface area contributed by atoms with Crippen molar-refractivity contribution in [2.24, 2.45) is 28.6 Å². The fourth-order valence-electron chi connectivity index (χ4n) is 7.05. The molecule has 3 fully saturated rings. The van der Waals surface area contributed by atoms with E-state index in [1.165, 1.54) is 6.08 Å². The summed E-state index contributed by atoms with van der Waals surface area (Å²) >= 11 is 0. The summed E-state index contributed by atoms with van der Waals surface area (Å²) in [5, 5.41) is 11.5. The van der Waals surface area contributed by atoms with Gasteiger partial charge in [-0.3, -0.25) is 24.0 Å². The number of nitrogens with one attached hydrogen (secondary N) is 4. The molecule has 0 aromatic carbocycles. The first-order valence-electron chi connectivity index (χ1n) is 18.0. The van der Waals surface area contributed by atoms with Gasteiger partial charge in [0, 0.05) is 30.5 Å². The molecule has 2 aliphatic carbocycles. The van der Waals surface area contributed by atoms with Gasteiger partial charge >= 0.3 is 6.03 Å². The largest absolute Gasteiger partial charge is 0.346 e. The molecule has 11 nitrogen and oxygen atoms in total. The van der Waals surface area contributed by atoms with Crippen molar-refractivity contribution in [3.8, 4) is 0 Å². The Balaban J connectivity index is 1.84. The summed E-state index contributed by atoms with van der Waals surface area (Å²) in [6, 6.07) is -3.34. The van der Waals surface area contributed by atoms with Crippen molar-refractivity contribution in [1.29, 1.82) is 0 Å². The lowest BCUT2D eigenvalue weighted by molar-refractivity contribution is -0.145. The van der Waals surface area contributed by atoms with Gasteiger partial charge in [0.25, 0.3) is 5.91 Å². The van der Waals surface area contributed by atoms with Gasteiger partial charge in [-0.25, -0.2) is 4.79 Å². The third-order valence-electron chi connectivity index (χ3n) is 10.3. The van der Waals surface area contributed by atoms with Crippen molar-refractivity contribution in [1.82, 2.24) is 26.2 Å². The summed E-state index contributed by atoms with van der Waals surface area (Å²) in [6.07, 6.45) is 8.76. The van der Waals surface area contributed by atoms with Crippen LogP contribution in [-0.2, 0) is 24.0 Å². The van der Waals surface area contributed by atoms with Crippen LogP contribution in [0.15, 0.2) is 12.7 Å².